The van der Waals surface area contributed by atoms with Crippen LogP contribution in [0.3, 0.4) is 0 Å². The zero-order valence-electron chi connectivity index (χ0n) is 7.38. The molecule has 0 amide bonds. The predicted molar refractivity (Wildman–Crippen MR) is 55.2 cm³/mol. The fourth-order valence-corrected chi connectivity index (χ4v) is 4.33. The molecule has 1 radical (unpaired) electrons. The molecule has 12 heavy (non-hydrogen) atoms. The molecule has 1 aliphatic rings. The quantitative estimate of drug-likeness (QED) is 0.452. The van der Waals surface area contributed by atoms with Gasteiger partial charge in [0.15, 0.2) is 0 Å². The zero-order valence-corrected chi connectivity index (χ0v) is 8.38. The Kier molecular flexibility index (Phi) is 2.13. The topological polar surface area (TPSA) is 0 Å². The molecule has 1 heteroatoms. The van der Waals surface area contributed by atoms with E-state index in [1.54, 1.807) is 10.8 Å². The monoisotopic (exact) mass is 173 g/mol. The molecule has 0 saturated heterocycles. The van der Waals surface area contributed by atoms with E-state index in [0.29, 0.717) is 0 Å². The van der Waals surface area contributed by atoms with E-state index in [1.165, 1.54) is 12.1 Å². The summed E-state index contributed by atoms with van der Waals surface area (Å²) in [4.78, 5) is 0. The second-order valence-corrected chi connectivity index (χ2v) is 5.95. The van der Waals surface area contributed by atoms with Crippen molar-refractivity contribution in [3.8, 4) is 0 Å². The number of allylic oxidation sites excluding steroid dienone is 2. The molecule has 0 aliphatic carbocycles. The molecule has 1 aliphatic heterocycles. The van der Waals surface area contributed by atoms with Crippen molar-refractivity contribution in [3.05, 3.63) is 42.0 Å². The highest BCUT2D eigenvalue weighted by Crippen LogP contribution is 2.18. The Bertz CT molecular complexity index is 287. The van der Waals surface area contributed by atoms with Crippen LogP contribution in [-0.4, -0.2) is 8.80 Å². The molecule has 0 atom stereocenters. The third-order valence-electron chi connectivity index (χ3n) is 2.37. The largest absolute Gasteiger partial charge is 0.0937 e. The van der Waals surface area contributed by atoms with Gasteiger partial charge >= 0.3 is 0 Å². The Balaban J connectivity index is 2.14. The summed E-state index contributed by atoms with van der Waals surface area (Å²) in [6.07, 6.45) is 2.40. The molecular weight excluding hydrogens is 160 g/mol. The summed E-state index contributed by atoms with van der Waals surface area (Å²) in [5.41, 5.74) is 1.59. The maximum absolute atomic E-state index is 2.40. The minimum Gasteiger partial charge on any atom is -0.0884 e. The lowest BCUT2D eigenvalue weighted by atomic mass is 10.3. The van der Waals surface area contributed by atoms with E-state index < -0.39 is 0 Å². The van der Waals surface area contributed by atoms with Crippen LogP contribution in [0.25, 0.3) is 0 Å². The van der Waals surface area contributed by atoms with Crippen molar-refractivity contribution in [2.24, 2.45) is 0 Å². The third kappa shape index (κ3) is 1.51. The van der Waals surface area contributed by atoms with Gasteiger partial charge in [0.05, 0.1) is 8.80 Å². The minimum absolute atomic E-state index is 0.231. The summed E-state index contributed by atoms with van der Waals surface area (Å²) in [7, 11) is -0.231. The van der Waals surface area contributed by atoms with E-state index in [9.17, 15) is 0 Å². The van der Waals surface area contributed by atoms with Crippen LogP contribution in [0.15, 0.2) is 42.0 Å². The average Bonchev–Trinajstić information content (AvgIpc) is 2.54. The first-order valence-corrected chi connectivity index (χ1v) is 6.33. The summed E-state index contributed by atoms with van der Waals surface area (Å²) in [6.45, 7) is 2.25. The van der Waals surface area contributed by atoms with Gasteiger partial charge in [0.25, 0.3) is 0 Å². The van der Waals surface area contributed by atoms with E-state index in [-0.39, 0.29) is 8.80 Å². The van der Waals surface area contributed by atoms with E-state index >= 15 is 0 Å². The van der Waals surface area contributed by atoms with Crippen LogP contribution in [0.4, 0.5) is 0 Å². The Morgan fingerprint density at radius 3 is 2.50 bits per heavy atom. The van der Waals surface area contributed by atoms with Crippen LogP contribution in [0.5, 0.6) is 0 Å². The minimum atomic E-state index is -0.231. The molecule has 0 aromatic heterocycles. The van der Waals surface area contributed by atoms with Crippen molar-refractivity contribution >= 4 is 14.0 Å². The molecule has 0 spiro atoms. The molecule has 0 bridgehead atoms. The SMILES string of the molecule is CC1=CC[Si](c2ccccc2)C1. The van der Waals surface area contributed by atoms with E-state index in [2.05, 4.69) is 43.3 Å². The standard InChI is InChI=1S/C11H13Si/c1-10-7-8-12(9-10)11-5-3-2-4-6-11/h2-7H,8-9H2,1H3. The first-order chi connectivity index (χ1) is 5.86. The molecule has 1 aromatic carbocycles. The molecule has 2 rings (SSSR count). The van der Waals surface area contributed by atoms with Gasteiger partial charge in [0.1, 0.15) is 0 Å². The van der Waals surface area contributed by atoms with Crippen LogP contribution in [0, 0.1) is 0 Å². The number of hydrogen-bond donors (Lipinski definition) is 0. The van der Waals surface area contributed by atoms with Crippen molar-refractivity contribution in [2.75, 3.05) is 0 Å². The van der Waals surface area contributed by atoms with Crippen LogP contribution < -0.4 is 5.19 Å². The van der Waals surface area contributed by atoms with Gasteiger partial charge in [-0.2, -0.15) is 0 Å². The van der Waals surface area contributed by atoms with Gasteiger partial charge in [-0.15, -0.1) is 0 Å². The molecule has 0 saturated carbocycles. The van der Waals surface area contributed by atoms with Crippen molar-refractivity contribution in [3.63, 3.8) is 0 Å². The molecule has 0 nitrogen and oxygen atoms in total. The van der Waals surface area contributed by atoms with Crippen molar-refractivity contribution < 1.29 is 0 Å². The molecule has 1 heterocycles. The molecule has 0 N–H and O–H groups in total. The Labute approximate surface area is 75.5 Å². The first-order valence-electron chi connectivity index (χ1n) is 4.42. The van der Waals surface area contributed by atoms with Crippen molar-refractivity contribution in [1.29, 1.82) is 0 Å². The zero-order chi connectivity index (χ0) is 8.39. The van der Waals surface area contributed by atoms with Gasteiger partial charge in [-0.05, 0) is 19.0 Å². The lowest BCUT2D eigenvalue weighted by Gasteiger charge is -2.06. The summed E-state index contributed by atoms with van der Waals surface area (Å²) in [5.74, 6) is 0. The summed E-state index contributed by atoms with van der Waals surface area (Å²) in [6, 6.07) is 13.7. The van der Waals surface area contributed by atoms with Gasteiger partial charge in [-0.1, -0.05) is 47.2 Å². The number of hydrogen-bond acceptors (Lipinski definition) is 0. The first kappa shape index (κ1) is 7.81. The highest BCUT2D eigenvalue weighted by Gasteiger charge is 2.17. The van der Waals surface area contributed by atoms with Crippen LogP contribution in [0.1, 0.15) is 6.92 Å². The van der Waals surface area contributed by atoms with Gasteiger partial charge in [0.2, 0.25) is 0 Å². The lowest BCUT2D eigenvalue weighted by molar-refractivity contribution is 1.40. The highest BCUT2D eigenvalue weighted by atomic mass is 28.3. The lowest BCUT2D eigenvalue weighted by Crippen LogP contribution is -2.26. The second kappa shape index (κ2) is 3.28. The molecule has 0 unspecified atom stereocenters. The molecular formula is C11H13Si. The average molecular weight is 173 g/mol. The van der Waals surface area contributed by atoms with Crippen molar-refractivity contribution in [2.45, 2.75) is 19.0 Å². The maximum Gasteiger partial charge on any atom is 0.0937 e. The second-order valence-electron chi connectivity index (χ2n) is 3.40. The molecule has 1 aromatic rings. The van der Waals surface area contributed by atoms with E-state index in [4.69, 9.17) is 0 Å². The predicted octanol–water partition coefficient (Wildman–Crippen LogP) is 2.35. The fraction of sp³-hybridized carbons (Fsp3) is 0.273. The number of rotatable bonds is 1. The smallest absolute Gasteiger partial charge is 0.0884 e. The summed E-state index contributed by atoms with van der Waals surface area (Å²) in [5, 5.41) is 1.59. The summed E-state index contributed by atoms with van der Waals surface area (Å²) < 4.78 is 0. The highest BCUT2D eigenvalue weighted by molar-refractivity contribution is 6.74. The third-order valence-corrected chi connectivity index (χ3v) is 5.20. The maximum atomic E-state index is 2.40. The van der Waals surface area contributed by atoms with Gasteiger partial charge in [-0.3, -0.25) is 0 Å². The van der Waals surface area contributed by atoms with Crippen LogP contribution in [-0.2, 0) is 0 Å². The van der Waals surface area contributed by atoms with Gasteiger partial charge < -0.3 is 0 Å². The Morgan fingerprint density at radius 2 is 1.92 bits per heavy atom. The van der Waals surface area contributed by atoms with Crippen LogP contribution >= 0.6 is 0 Å². The van der Waals surface area contributed by atoms with E-state index in [0.717, 1.165) is 0 Å². The Morgan fingerprint density at radius 1 is 1.17 bits per heavy atom. The molecule has 0 fully saturated rings. The summed E-state index contributed by atoms with van der Waals surface area (Å²) >= 11 is 0. The van der Waals surface area contributed by atoms with Crippen molar-refractivity contribution in [1.82, 2.24) is 0 Å². The van der Waals surface area contributed by atoms with Gasteiger partial charge in [-0.25, -0.2) is 0 Å². The fourth-order valence-electron chi connectivity index (χ4n) is 1.67. The normalized spacial score (nSPS) is 17.9. The molecule has 61 valence electrons. The van der Waals surface area contributed by atoms with E-state index in [1.807, 2.05) is 0 Å². The van der Waals surface area contributed by atoms with Crippen LogP contribution in [0.2, 0.25) is 12.1 Å². The Hall–Kier alpha value is -0.823. The van der Waals surface area contributed by atoms with Gasteiger partial charge in [0, 0.05) is 0 Å². The number of benzene rings is 1.